The fraction of sp³-hybridized carbons (Fsp3) is 0.462. The molecular weight excluding hydrogens is 202 g/mol. The topological polar surface area (TPSA) is 29.5 Å². The highest BCUT2D eigenvalue weighted by Gasteiger charge is 2.22. The van der Waals surface area contributed by atoms with Crippen LogP contribution in [0.15, 0.2) is 30.3 Å². The summed E-state index contributed by atoms with van der Waals surface area (Å²) in [7, 11) is 3.15. The van der Waals surface area contributed by atoms with Crippen molar-refractivity contribution in [2.45, 2.75) is 25.7 Å². The third-order valence-corrected chi connectivity index (χ3v) is 2.66. The molecule has 1 amide bonds. The Balaban J connectivity index is 2.87. The molecule has 88 valence electrons. The van der Waals surface area contributed by atoms with Gasteiger partial charge in [-0.3, -0.25) is 9.63 Å². The van der Waals surface area contributed by atoms with Gasteiger partial charge < -0.3 is 0 Å². The lowest BCUT2D eigenvalue weighted by Crippen LogP contribution is -2.30. The third-order valence-electron chi connectivity index (χ3n) is 2.66. The molecule has 0 saturated heterocycles. The molecule has 1 atom stereocenters. The lowest BCUT2D eigenvalue weighted by Gasteiger charge is -2.21. The van der Waals surface area contributed by atoms with Crippen LogP contribution >= 0.6 is 0 Å². The number of carbonyl (C=O) groups is 1. The Morgan fingerprint density at radius 1 is 1.38 bits per heavy atom. The molecule has 1 unspecified atom stereocenters. The Bertz CT molecular complexity index is 324. The second kappa shape index (κ2) is 6.28. The van der Waals surface area contributed by atoms with Crippen LogP contribution in [-0.2, 0) is 9.63 Å². The molecule has 0 aromatic heterocycles. The summed E-state index contributed by atoms with van der Waals surface area (Å²) in [6.45, 7) is 2.08. The molecule has 0 aliphatic carbocycles. The normalized spacial score (nSPS) is 12.2. The molecule has 0 N–H and O–H groups in total. The zero-order valence-electron chi connectivity index (χ0n) is 10.1. The molecule has 0 saturated carbocycles. The third kappa shape index (κ3) is 3.07. The van der Waals surface area contributed by atoms with E-state index in [1.807, 2.05) is 30.3 Å². The number of rotatable bonds is 5. The molecule has 0 heterocycles. The summed E-state index contributed by atoms with van der Waals surface area (Å²) in [4.78, 5) is 17.0. The number of likely N-dealkylation sites (N-methyl/N-ethyl adjacent to an activating group) is 1. The number of benzene rings is 1. The summed E-state index contributed by atoms with van der Waals surface area (Å²) in [5, 5.41) is 1.30. The van der Waals surface area contributed by atoms with E-state index in [0.29, 0.717) is 0 Å². The van der Waals surface area contributed by atoms with Crippen molar-refractivity contribution in [2.75, 3.05) is 14.2 Å². The first-order valence-corrected chi connectivity index (χ1v) is 5.57. The first-order chi connectivity index (χ1) is 7.70. The standard InChI is InChI=1S/C13H19NO2/c1-4-8-12(13(15)14(2)16-3)11-9-6-5-7-10-11/h5-7,9-10,12H,4,8H2,1-3H3. The van der Waals surface area contributed by atoms with Gasteiger partial charge in [-0.25, -0.2) is 5.06 Å². The van der Waals surface area contributed by atoms with Crippen molar-refractivity contribution in [3.8, 4) is 0 Å². The quantitative estimate of drug-likeness (QED) is 0.715. The smallest absolute Gasteiger partial charge is 0.253 e. The molecular formula is C13H19NO2. The van der Waals surface area contributed by atoms with Crippen molar-refractivity contribution < 1.29 is 9.63 Å². The van der Waals surface area contributed by atoms with Gasteiger partial charge in [0.15, 0.2) is 0 Å². The molecule has 0 radical (unpaired) electrons. The highest BCUT2D eigenvalue weighted by atomic mass is 16.7. The lowest BCUT2D eigenvalue weighted by atomic mass is 9.94. The molecule has 1 aromatic rings. The van der Waals surface area contributed by atoms with E-state index in [2.05, 4.69) is 6.92 Å². The van der Waals surface area contributed by atoms with Gasteiger partial charge in [0.2, 0.25) is 0 Å². The van der Waals surface area contributed by atoms with Gasteiger partial charge in [0, 0.05) is 7.05 Å². The minimum Gasteiger partial charge on any atom is -0.275 e. The summed E-state index contributed by atoms with van der Waals surface area (Å²) < 4.78 is 0. The van der Waals surface area contributed by atoms with Crippen LogP contribution in [0.4, 0.5) is 0 Å². The molecule has 0 bridgehead atoms. The predicted octanol–water partition coefficient (Wildman–Crippen LogP) is 2.59. The SMILES string of the molecule is CCCC(C(=O)N(C)OC)c1ccccc1. The highest BCUT2D eigenvalue weighted by Crippen LogP contribution is 2.23. The van der Waals surface area contributed by atoms with E-state index in [4.69, 9.17) is 4.84 Å². The van der Waals surface area contributed by atoms with Crippen molar-refractivity contribution in [3.05, 3.63) is 35.9 Å². The maximum atomic E-state index is 12.1. The number of amides is 1. The van der Waals surface area contributed by atoms with E-state index >= 15 is 0 Å². The Morgan fingerprint density at radius 3 is 2.50 bits per heavy atom. The van der Waals surface area contributed by atoms with Crippen LogP contribution in [0, 0.1) is 0 Å². The minimum absolute atomic E-state index is 0.00977. The predicted molar refractivity (Wildman–Crippen MR) is 63.9 cm³/mol. The van der Waals surface area contributed by atoms with Crippen LogP contribution in [-0.4, -0.2) is 25.1 Å². The second-order valence-corrected chi connectivity index (χ2v) is 3.77. The summed E-state index contributed by atoms with van der Waals surface area (Å²) >= 11 is 0. The maximum Gasteiger partial charge on any atom is 0.253 e. The fourth-order valence-electron chi connectivity index (χ4n) is 1.72. The minimum atomic E-state index is -0.101. The Kier molecular flexibility index (Phi) is 4.99. The van der Waals surface area contributed by atoms with Gasteiger partial charge in [-0.2, -0.15) is 0 Å². The largest absolute Gasteiger partial charge is 0.275 e. The van der Waals surface area contributed by atoms with Crippen LogP contribution in [0.5, 0.6) is 0 Å². The average Bonchev–Trinajstić information content (AvgIpc) is 2.35. The van der Waals surface area contributed by atoms with Gasteiger partial charge in [-0.1, -0.05) is 43.7 Å². The number of hydrogen-bond acceptors (Lipinski definition) is 2. The van der Waals surface area contributed by atoms with E-state index < -0.39 is 0 Å². The molecule has 0 aliphatic heterocycles. The average molecular weight is 221 g/mol. The number of carbonyl (C=O) groups excluding carboxylic acids is 1. The van der Waals surface area contributed by atoms with E-state index in [-0.39, 0.29) is 11.8 Å². The Labute approximate surface area is 97.0 Å². The lowest BCUT2D eigenvalue weighted by molar-refractivity contribution is -0.170. The van der Waals surface area contributed by atoms with Crippen LogP contribution in [0.3, 0.4) is 0 Å². The van der Waals surface area contributed by atoms with Crippen LogP contribution in [0.25, 0.3) is 0 Å². The van der Waals surface area contributed by atoms with E-state index in [1.54, 1.807) is 7.05 Å². The monoisotopic (exact) mass is 221 g/mol. The van der Waals surface area contributed by atoms with E-state index in [0.717, 1.165) is 18.4 Å². The van der Waals surface area contributed by atoms with Crippen molar-refractivity contribution in [3.63, 3.8) is 0 Å². The zero-order chi connectivity index (χ0) is 12.0. The molecule has 0 fully saturated rings. The van der Waals surface area contributed by atoms with Gasteiger partial charge in [0.05, 0.1) is 13.0 Å². The Hall–Kier alpha value is -1.35. The first kappa shape index (κ1) is 12.7. The van der Waals surface area contributed by atoms with Gasteiger partial charge >= 0.3 is 0 Å². The molecule has 0 aliphatic rings. The van der Waals surface area contributed by atoms with Crippen LogP contribution in [0.1, 0.15) is 31.2 Å². The molecule has 3 heteroatoms. The van der Waals surface area contributed by atoms with Crippen LogP contribution in [0.2, 0.25) is 0 Å². The van der Waals surface area contributed by atoms with Crippen molar-refractivity contribution in [2.24, 2.45) is 0 Å². The zero-order valence-corrected chi connectivity index (χ0v) is 10.1. The number of nitrogens with zero attached hydrogens (tertiary/aromatic N) is 1. The summed E-state index contributed by atoms with van der Waals surface area (Å²) in [5.74, 6) is -0.0910. The highest BCUT2D eigenvalue weighted by molar-refractivity contribution is 5.82. The Morgan fingerprint density at radius 2 is 2.00 bits per heavy atom. The maximum absolute atomic E-state index is 12.1. The van der Waals surface area contributed by atoms with Gasteiger partial charge in [0.1, 0.15) is 0 Å². The molecule has 0 spiro atoms. The van der Waals surface area contributed by atoms with Gasteiger partial charge in [-0.15, -0.1) is 0 Å². The summed E-state index contributed by atoms with van der Waals surface area (Å²) in [6, 6.07) is 9.84. The fourth-order valence-corrected chi connectivity index (χ4v) is 1.72. The van der Waals surface area contributed by atoms with Crippen molar-refractivity contribution in [1.82, 2.24) is 5.06 Å². The van der Waals surface area contributed by atoms with E-state index in [1.165, 1.54) is 12.2 Å². The molecule has 1 aromatic carbocycles. The van der Waals surface area contributed by atoms with Crippen molar-refractivity contribution in [1.29, 1.82) is 0 Å². The van der Waals surface area contributed by atoms with Crippen LogP contribution < -0.4 is 0 Å². The number of hydroxylamine groups is 2. The van der Waals surface area contributed by atoms with Crippen molar-refractivity contribution >= 4 is 5.91 Å². The molecule has 16 heavy (non-hydrogen) atoms. The van der Waals surface area contributed by atoms with Gasteiger partial charge in [-0.05, 0) is 12.0 Å². The summed E-state index contributed by atoms with van der Waals surface area (Å²) in [6.07, 6.45) is 1.82. The number of hydrogen-bond donors (Lipinski definition) is 0. The van der Waals surface area contributed by atoms with E-state index in [9.17, 15) is 4.79 Å². The molecule has 3 nitrogen and oxygen atoms in total. The second-order valence-electron chi connectivity index (χ2n) is 3.77. The summed E-state index contributed by atoms with van der Waals surface area (Å²) in [5.41, 5.74) is 1.05. The first-order valence-electron chi connectivity index (χ1n) is 5.57. The van der Waals surface area contributed by atoms with Gasteiger partial charge in [0.25, 0.3) is 5.91 Å². The molecule has 1 rings (SSSR count).